The number of nitrogens with one attached hydrogen (secondary N) is 1. The topological polar surface area (TPSA) is 104 Å². The molecule has 0 radical (unpaired) electrons. The first kappa shape index (κ1) is 23.8. The molecule has 2 aromatic carbocycles. The molecule has 178 valence electrons. The number of furan rings is 1. The van der Waals surface area contributed by atoms with Gasteiger partial charge in [0, 0.05) is 17.5 Å². The number of amides is 1. The maximum absolute atomic E-state index is 12.3. The van der Waals surface area contributed by atoms with E-state index in [0.717, 1.165) is 22.7 Å². The molecule has 0 atom stereocenters. The number of nitrogens with zero attached hydrogens (tertiary/aromatic N) is 4. The van der Waals surface area contributed by atoms with Crippen LogP contribution >= 0.6 is 11.8 Å². The van der Waals surface area contributed by atoms with Crippen LogP contribution < -0.4 is 14.9 Å². The Morgan fingerprint density at radius 2 is 1.77 bits per heavy atom. The van der Waals surface area contributed by atoms with E-state index in [1.165, 1.54) is 18.0 Å². The lowest BCUT2D eigenvalue weighted by atomic mass is 10.2. The van der Waals surface area contributed by atoms with Gasteiger partial charge in [-0.1, -0.05) is 11.8 Å². The fraction of sp³-hybridized carbons (Fsp3) is 0.120. The van der Waals surface area contributed by atoms with Gasteiger partial charge in [0.1, 0.15) is 17.3 Å². The highest BCUT2D eigenvalue weighted by Crippen LogP contribution is 2.29. The molecule has 0 saturated heterocycles. The molecule has 35 heavy (non-hydrogen) atoms. The van der Waals surface area contributed by atoms with Gasteiger partial charge in [0.15, 0.2) is 11.0 Å². The van der Waals surface area contributed by atoms with Crippen molar-refractivity contribution < 1.29 is 18.7 Å². The van der Waals surface area contributed by atoms with Crippen molar-refractivity contribution in [3.05, 3.63) is 78.8 Å². The zero-order chi connectivity index (χ0) is 24.5. The molecular formula is C25H23N5O4S. The van der Waals surface area contributed by atoms with Crippen LogP contribution in [0.15, 0.2) is 87.7 Å². The standard InChI is InChI=1S/C25H23N5O4S/c1-32-20-11-7-18(8-12-20)24-28-29-25(30(24)19-9-13-21(33-2)14-10-19)35-17-23(31)27-26-15-3-5-22-6-4-16-34-22/h3-16H,17H2,1-2H3,(H,27,31)/b5-3-,26-15?. The van der Waals surface area contributed by atoms with Gasteiger partial charge in [-0.05, 0) is 72.8 Å². The number of allylic oxidation sites excluding steroid dienone is 1. The number of methoxy groups -OCH3 is 2. The van der Waals surface area contributed by atoms with Gasteiger partial charge in [0.2, 0.25) is 0 Å². The number of ether oxygens (including phenoxy) is 2. The van der Waals surface area contributed by atoms with Gasteiger partial charge < -0.3 is 13.9 Å². The van der Waals surface area contributed by atoms with Crippen LogP contribution in [0.4, 0.5) is 0 Å². The highest BCUT2D eigenvalue weighted by Gasteiger charge is 2.17. The Bertz CT molecular complexity index is 1300. The summed E-state index contributed by atoms with van der Waals surface area (Å²) in [7, 11) is 3.24. The number of carbonyl (C=O) groups is 1. The fourth-order valence-electron chi connectivity index (χ4n) is 3.09. The van der Waals surface area contributed by atoms with Crippen LogP contribution in [0.3, 0.4) is 0 Å². The molecule has 0 aliphatic heterocycles. The van der Waals surface area contributed by atoms with E-state index in [9.17, 15) is 4.79 Å². The Hall–Kier alpha value is -4.31. The molecule has 0 fully saturated rings. The monoisotopic (exact) mass is 489 g/mol. The first-order valence-corrected chi connectivity index (χ1v) is 11.6. The van der Waals surface area contributed by atoms with Gasteiger partial charge in [-0.2, -0.15) is 5.10 Å². The maximum atomic E-state index is 12.3. The van der Waals surface area contributed by atoms with Gasteiger partial charge in [-0.3, -0.25) is 9.36 Å². The molecule has 4 rings (SSSR count). The van der Waals surface area contributed by atoms with Gasteiger partial charge in [0.05, 0.1) is 26.2 Å². The van der Waals surface area contributed by atoms with Gasteiger partial charge in [-0.15, -0.1) is 10.2 Å². The zero-order valence-electron chi connectivity index (χ0n) is 19.1. The molecule has 1 N–H and O–H groups in total. The van der Waals surface area contributed by atoms with Crippen molar-refractivity contribution in [2.75, 3.05) is 20.0 Å². The van der Waals surface area contributed by atoms with Crippen LogP contribution in [0.5, 0.6) is 11.5 Å². The number of carbonyl (C=O) groups excluding carboxylic acids is 1. The Balaban J connectivity index is 1.49. The van der Waals surface area contributed by atoms with Crippen molar-refractivity contribution in [3.8, 4) is 28.6 Å². The van der Waals surface area contributed by atoms with E-state index in [4.69, 9.17) is 13.9 Å². The molecule has 4 aromatic rings. The SMILES string of the molecule is COc1ccc(-c2nnc(SCC(=O)NN=C/C=C\c3ccco3)n2-c2ccc(OC)cc2)cc1. The molecule has 1 amide bonds. The predicted octanol–water partition coefficient (Wildman–Crippen LogP) is 4.45. The van der Waals surface area contributed by atoms with Crippen molar-refractivity contribution in [1.29, 1.82) is 0 Å². The molecule has 2 heterocycles. The second-order valence-corrected chi connectivity index (χ2v) is 7.99. The van der Waals surface area contributed by atoms with E-state index in [2.05, 4.69) is 20.7 Å². The largest absolute Gasteiger partial charge is 0.497 e. The molecule has 0 unspecified atom stereocenters. The summed E-state index contributed by atoms with van der Waals surface area (Å²) in [5, 5.41) is 13.2. The van der Waals surface area contributed by atoms with E-state index in [0.29, 0.717) is 16.7 Å². The van der Waals surface area contributed by atoms with E-state index in [1.807, 2.05) is 59.2 Å². The van der Waals surface area contributed by atoms with E-state index < -0.39 is 0 Å². The van der Waals surface area contributed by atoms with E-state index >= 15 is 0 Å². The quantitative estimate of drug-likeness (QED) is 0.199. The first-order chi connectivity index (χ1) is 17.2. The van der Waals surface area contributed by atoms with Crippen molar-refractivity contribution in [3.63, 3.8) is 0 Å². The lowest BCUT2D eigenvalue weighted by molar-refractivity contribution is -0.118. The summed E-state index contributed by atoms with van der Waals surface area (Å²) in [5.74, 6) is 2.66. The van der Waals surface area contributed by atoms with Crippen LogP contribution in [-0.2, 0) is 4.79 Å². The number of hydrogen-bond acceptors (Lipinski definition) is 8. The number of hydrogen-bond donors (Lipinski definition) is 1. The lowest BCUT2D eigenvalue weighted by Gasteiger charge is -2.11. The highest BCUT2D eigenvalue weighted by atomic mass is 32.2. The van der Waals surface area contributed by atoms with Gasteiger partial charge in [0.25, 0.3) is 5.91 Å². The Kier molecular flexibility index (Phi) is 7.97. The third-order valence-corrected chi connectivity index (χ3v) is 5.73. The van der Waals surface area contributed by atoms with Crippen molar-refractivity contribution in [2.24, 2.45) is 5.10 Å². The summed E-state index contributed by atoms with van der Waals surface area (Å²) < 4.78 is 17.6. The number of rotatable bonds is 10. The molecule has 0 spiro atoms. The second kappa shape index (κ2) is 11.7. The van der Waals surface area contributed by atoms with Crippen molar-refractivity contribution in [2.45, 2.75) is 5.16 Å². The average Bonchev–Trinajstić information content (AvgIpc) is 3.57. The van der Waals surface area contributed by atoms with Crippen molar-refractivity contribution in [1.82, 2.24) is 20.2 Å². The molecule has 0 bridgehead atoms. The molecule has 0 aliphatic rings. The molecule has 0 saturated carbocycles. The van der Waals surface area contributed by atoms with Crippen LogP contribution in [0.25, 0.3) is 23.2 Å². The summed E-state index contributed by atoms with van der Waals surface area (Å²) in [4.78, 5) is 12.3. The van der Waals surface area contributed by atoms with Gasteiger partial charge >= 0.3 is 0 Å². The minimum Gasteiger partial charge on any atom is -0.497 e. The molecule has 10 heteroatoms. The normalized spacial score (nSPS) is 11.3. The highest BCUT2D eigenvalue weighted by molar-refractivity contribution is 7.99. The Morgan fingerprint density at radius 1 is 1.06 bits per heavy atom. The number of benzene rings is 2. The summed E-state index contributed by atoms with van der Waals surface area (Å²) in [6.45, 7) is 0. The van der Waals surface area contributed by atoms with E-state index in [1.54, 1.807) is 38.7 Å². The Labute approximate surface area is 206 Å². The summed E-state index contributed by atoms with van der Waals surface area (Å²) in [5.41, 5.74) is 4.20. The molecule has 0 aliphatic carbocycles. The van der Waals surface area contributed by atoms with Crippen molar-refractivity contribution >= 4 is 30.0 Å². The smallest absolute Gasteiger partial charge is 0.250 e. The van der Waals surface area contributed by atoms with Crippen LogP contribution in [0.2, 0.25) is 0 Å². The van der Waals surface area contributed by atoms with Crippen LogP contribution in [0, 0.1) is 0 Å². The summed E-state index contributed by atoms with van der Waals surface area (Å²) in [6.07, 6.45) is 6.48. The fourth-order valence-corrected chi connectivity index (χ4v) is 3.84. The van der Waals surface area contributed by atoms with Crippen LogP contribution in [-0.4, -0.2) is 46.9 Å². The van der Waals surface area contributed by atoms with E-state index in [-0.39, 0.29) is 11.7 Å². The lowest BCUT2D eigenvalue weighted by Crippen LogP contribution is -2.19. The molecule has 2 aromatic heterocycles. The predicted molar refractivity (Wildman–Crippen MR) is 135 cm³/mol. The number of hydrazone groups is 1. The summed E-state index contributed by atoms with van der Waals surface area (Å²) in [6, 6.07) is 18.7. The number of thioether (sulfide) groups is 1. The molecular weight excluding hydrogens is 466 g/mol. The van der Waals surface area contributed by atoms with Gasteiger partial charge in [-0.25, -0.2) is 5.43 Å². The minimum atomic E-state index is -0.270. The zero-order valence-corrected chi connectivity index (χ0v) is 19.9. The number of aromatic nitrogens is 3. The average molecular weight is 490 g/mol. The third-order valence-electron chi connectivity index (χ3n) is 4.80. The third kappa shape index (κ3) is 6.18. The molecule has 9 nitrogen and oxygen atoms in total. The summed E-state index contributed by atoms with van der Waals surface area (Å²) >= 11 is 1.26. The maximum Gasteiger partial charge on any atom is 0.250 e. The Morgan fingerprint density at radius 3 is 2.43 bits per heavy atom. The second-order valence-electron chi connectivity index (χ2n) is 7.04. The minimum absolute atomic E-state index is 0.107. The first-order valence-electron chi connectivity index (χ1n) is 10.6. The van der Waals surface area contributed by atoms with Crippen LogP contribution in [0.1, 0.15) is 5.76 Å².